The number of hydrogen-bond acceptors (Lipinski definition) is 3. The summed E-state index contributed by atoms with van der Waals surface area (Å²) in [7, 11) is 0. The third-order valence-electron chi connectivity index (χ3n) is 3.53. The molecule has 1 atom stereocenters. The van der Waals surface area contributed by atoms with Crippen molar-refractivity contribution in [1.82, 2.24) is 4.90 Å². The summed E-state index contributed by atoms with van der Waals surface area (Å²) in [5, 5.41) is 19.1. The Balaban J connectivity index is 2.15. The van der Waals surface area contributed by atoms with E-state index in [4.69, 9.17) is 16.9 Å². The Bertz CT molecular complexity index is 456. The summed E-state index contributed by atoms with van der Waals surface area (Å²) in [5.74, 6) is 0. The van der Waals surface area contributed by atoms with E-state index in [-0.39, 0.29) is 12.6 Å². The van der Waals surface area contributed by atoms with Crippen molar-refractivity contribution < 1.29 is 5.11 Å². The second-order valence-electron chi connectivity index (χ2n) is 4.72. The van der Waals surface area contributed by atoms with E-state index in [0.717, 1.165) is 24.9 Å². The number of halogens is 1. The number of nitriles is 1. The lowest BCUT2D eigenvalue weighted by molar-refractivity contribution is 0.0840. The van der Waals surface area contributed by atoms with Gasteiger partial charge in [0.05, 0.1) is 18.2 Å². The molecule has 1 aromatic carbocycles. The van der Waals surface area contributed by atoms with Gasteiger partial charge in [-0.2, -0.15) is 5.26 Å². The van der Waals surface area contributed by atoms with Gasteiger partial charge in [0.2, 0.25) is 0 Å². The van der Waals surface area contributed by atoms with E-state index < -0.39 is 0 Å². The number of hydrogen-bond donors (Lipinski definition) is 1. The lowest BCUT2D eigenvalue weighted by Crippen LogP contribution is -2.41. The summed E-state index contributed by atoms with van der Waals surface area (Å²) >= 11 is 5.89. The Hall–Kier alpha value is -1.08. The first kappa shape index (κ1) is 13.4. The zero-order chi connectivity index (χ0) is 13.0. The first-order valence-electron chi connectivity index (χ1n) is 6.28. The normalized spacial score (nSPS) is 20.6. The highest BCUT2D eigenvalue weighted by Crippen LogP contribution is 2.22. The van der Waals surface area contributed by atoms with Gasteiger partial charge < -0.3 is 5.11 Å². The summed E-state index contributed by atoms with van der Waals surface area (Å²) in [6.45, 7) is 1.89. The fourth-order valence-electron chi connectivity index (χ4n) is 2.48. The highest BCUT2D eigenvalue weighted by molar-refractivity contribution is 6.30. The molecule has 1 aliphatic rings. The summed E-state index contributed by atoms with van der Waals surface area (Å²) < 4.78 is 0. The number of aliphatic hydroxyl groups excluding tert-OH is 1. The van der Waals surface area contributed by atoms with Crippen molar-refractivity contribution in [2.45, 2.75) is 31.8 Å². The maximum absolute atomic E-state index is 9.38. The molecule has 1 aromatic rings. The van der Waals surface area contributed by atoms with Crippen molar-refractivity contribution >= 4 is 11.6 Å². The number of benzene rings is 1. The molecule has 1 fully saturated rings. The third-order valence-corrected chi connectivity index (χ3v) is 3.76. The van der Waals surface area contributed by atoms with Crippen molar-refractivity contribution in [3.05, 3.63) is 34.3 Å². The zero-order valence-corrected chi connectivity index (χ0v) is 11.0. The average molecular weight is 265 g/mol. The lowest BCUT2D eigenvalue weighted by Gasteiger charge is -2.34. The Labute approximate surface area is 113 Å². The second kappa shape index (κ2) is 6.19. The fourth-order valence-corrected chi connectivity index (χ4v) is 2.66. The van der Waals surface area contributed by atoms with Crippen LogP contribution in [0.1, 0.15) is 30.4 Å². The molecule has 0 aliphatic carbocycles. The van der Waals surface area contributed by atoms with Gasteiger partial charge in [-0.25, -0.2) is 0 Å². The number of aliphatic hydroxyl groups is 1. The minimum absolute atomic E-state index is 0.190. The van der Waals surface area contributed by atoms with Gasteiger partial charge in [0, 0.05) is 17.6 Å². The van der Waals surface area contributed by atoms with Crippen LogP contribution < -0.4 is 0 Å². The van der Waals surface area contributed by atoms with Crippen LogP contribution in [0, 0.1) is 11.3 Å². The molecule has 1 heterocycles. The molecule has 3 nitrogen and oxygen atoms in total. The molecule has 1 saturated heterocycles. The molecule has 4 heteroatoms. The number of rotatable bonds is 3. The van der Waals surface area contributed by atoms with Crippen LogP contribution in [0.3, 0.4) is 0 Å². The Morgan fingerprint density at radius 3 is 3.00 bits per heavy atom. The molecule has 1 N–H and O–H groups in total. The van der Waals surface area contributed by atoms with Gasteiger partial charge in [-0.1, -0.05) is 24.1 Å². The lowest BCUT2D eigenvalue weighted by atomic mass is 10.0. The second-order valence-corrected chi connectivity index (χ2v) is 5.15. The molecule has 0 saturated carbocycles. The minimum atomic E-state index is 0.190. The maximum atomic E-state index is 9.38. The molecule has 96 valence electrons. The topological polar surface area (TPSA) is 47.3 Å². The summed E-state index contributed by atoms with van der Waals surface area (Å²) in [5.41, 5.74) is 1.62. The van der Waals surface area contributed by atoms with Crippen molar-refractivity contribution in [3.8, 4) is 6.07 Å². The predicted octanol–water partition coefficient (Wildman–Crippen LogP) is 2.56. The molecule has 0 bridgehead atoms. The molecule has 18 heavy (non-hydrogen) atoms. The van der Waals surface area contributed by atoms with Crippen LogP contribution in [0.25, 0.3) is 0 Å². The van der Waals surface area contributed by atoms with E-state index >= 15 is 0 Å². The third kappa shape index (κ3) is 3.02. The van der Waals surface area contributed by atoms with Crippen molar-refractivity contribution in [1.29, 1.82) is 5.26 Å². The van der Waals surface area contributed by atoms with Gasteiger partial charge in [-0.15, -0.1) is 0 Å². The van der Waals surface area contributed by atoms with Crippen LogP contribution in [-0.4, -0.2) is 29.2 Å². The predicted molar refractivity (Wildman–Crippen MR) is 71.3 cm³/mol. The molecule has 0 amide bonds. The summed E-state index contributed by atoms with van der Waals surface area (Å²) in [4.78, 5) is 2.26. The van der Waals surface area contributed by atoms with Gasteiger partial charge >= 0.3 is 0 Å². The maximum Gasteiger partial charge on any atom is 0.0995 e. The molecule has 2 rings (SSSR count). The van der Waals surface area contributed by atoms with Gasteiger partial charge in [-0.05, 0) is 37.1 Å². The number of likely N-dealkylation sites (tertiary alicyclic amines) is 1. The zero-order valence-electron chi connectivity index (χ0n) is 10.3. The van der Waals surface area contributed by atoms with E-state index in [9.17, 15) is 5.11 Å². The van der Waals surface area contributed by atoms with Gasteiger partial charge in [0.1, 0.15) is 0 Å². The van der Waals surface area contributed by atoms with Gasteiger partial charge in [0.15, 0.2) is 0 Å². The van der Waals surface area contributed by atoms with Crippen molar-refractivity contribution in [3.63, 3.8) is 0 Å². The van der Waals surface area contributed by atoms with Crippen LogP contribution in [0.4, 0.5) is 0 Å². The minimum Gasteiger partial charge on any atom is -0.395 e. The summed E-state index contributed by atoms with van der Waals surface area (Å²) in [6.07, 6.45) is 3.37. The van der Waals surface area contributed by atoms with Crippen molar-refractivity contribution in [2.75, 3.05) is 13.2 Å². The van der Waals surface area contributed by atoms with Crippen LogP contribution in [-0.2, 0) is 6.54 Å². The van der Waals surface area contributed by atoms with Gasteiger partial charge in [-0.3, -0.25) is 4.90 Å². The molecular weight excluding hydrogens is 248 g/mol. The van der Waals surface area contributed by atoms with Crippen LogP contribution in [0.5, 0.6) is 0 Å². The monoisotopic (exact) mass is 264 g/mol. The van der Waals surface area contributed by atoms with E-state index in [1.807, 2.05) is 12.1 Å². The molecule has 1 aliphatic heterocycles. The standard InChI is InChI=1S/C14H17ClN2O/c15-13-5-4-11(12(7-13)8-16)9-17-6-2-1-3-14(17)10-18/h4-5,7,14,18H,1-3,6,9-10H2/t14-/m0/s1. The van der Waals surface area contributed by atoms with E-state index in [1.165, 1.54) is 6.42 Å². The van der Waals surface area contributed by atoms with E-state index in [2.05, 4.69) is 11.0 Å². The largest absolute Gasteiger partial charge is 0.395 e. The van der Waals surface area contributed by atoms with Crippen molar-refractivity contribution in [2.24, 2.45) is 0 Å². The van der Waals surface area contributed by atoms with Crippen LogP contribution >= 0.6 is 11.6 Å². The highest BCUT2D eigenvalue weighted by Gasteiger charge is 2.22. The first-order chi connectivity index (χ1) is 8.74. The van der Waals surface area contributed by atoms with Gasteiger partial charge in [0.25, 0.3) is 0 Å². The average Bonchev–Trinajstić information content (AvgIpc) is 2.41. The van der Waals surface area contributed by atoms with Crippen LogP contribution in [0.15, 0.2) is 18.2 Å². The number of nitrogens with zero attached hydrogens (tertiary/aromatic N) is 2. The Morgan fingerprint density at radius 1 is 1.44 bits per heavy atom. The molecule has 0 unspecified atom stereocenters. The highest BCUT2D eigenvalue weighted by atomic mass is 35.5. The first-order valence-corrected chi connectivity index (χ1v) is 6.66. The Kier molecular flexibility index (Phi) is 4.60. The SMILES string of the molecule is N#Cc1cc(Cl)ccc1CN1CCCC[C@H]1CO. The smallest absolute Gasteiger partial charge is 0.0995 e. The molecule has 0 radical (unpaired) electrons. The molecule has 0 spiro atoms. The quantitative estimate of drug-likeness (QED) is 0.913. The number of piperidine rings is 1. The Morgan fingerprint density at radius 2 is 2.28 bits per heavy atom. The summed E-state index contributed by atoms with van der Waals surface area (Å²) in [6, 6.07) is 7.83. The van der Waals surface area contributed by atoms with E-state index in [0.29, 0.717) is 17.1 Å². The molecular formula is C14H17ClN2O. The molecule has 0 aromatic heterocycles. The fraction of sp³-hybridized carbons (Fsp3) is 0.500. The van der Waals surface area contributed by atoms with Crippen LogP contribution in [0.2, 0.25) is 5.02 Å². The van der Waals surface area contributed by atoms with E-state index in [1.54, 1.807) is 6.07 Å².